The van der Waals surface area contributed by atoms with E-state index in [0.29, 0.717) is 10.2 Å². The zero-order chi connectivity index (χ0) is 24.1. The van der Waals surface area contributed by atoms with Gasteiger partial charge in [-0.1, -0.05) is 51.8 Å². The summed E-state index contributed by atoms with van der Waals surface area (Å²) in [7, 11) is -3.74. The Morgan fingerprint density at radius 1 is 1.06 bits per heavy atom. The molecule has 0 aliphatic carbocycles. The highest BCUT2D eigenvalue weighted by atomic mass is 79.9. The van der Waals surface area contributed by atoms with Gasteiger partial charge in [0.2, 0.25) is 21.8 Å². The number of benzene rings is 2. The maximum absolute atomic E-state index is 13.4. The number of carbonyl (C=O) groups excluding carboxylic acids is 2. The maximum atomic E-state index is 13.4. The molecular formula is C23H30BrN3O4S. The first kappa shape index (κ1) is 25.9. The zero-order valence-electron chi connectivity index (χ0n) is 19.0. The van der Waals surface area contributed by atoms with Crippen LogP contribution in [0.3, 0.4) is 0 Å². The van der Waals surface area contributed by atoms with Gasteiger partial charge in [0.15, 0.2) is 0 Å². The lowest BCUT2D eigenvalue weighted by Crippen LogP contribution is -2.52. The van der Waals surface area contributed by atoms with Crippen molar-refractivity contribution in [3.63, 3.8) is 0 Å². The van der Waals surface area contributed by atoms with Crippen LogP contribution in [0.4, 0.5) is 5.69 Å². The molecule has 2 amide bonds. The number of carbonyl (C=O) groups is 2. The molecule has 0 aliphatic rings. The number of aryl methyl sites for hydroxylation is 1. The largest absolute Gasteiger partial charge is 0.352 e. The van der Waals surface area contributed by atoms with Gasteiger partial charge in [-0.15, -0.1) is 0 Å². The summed E-state index contributed by atoms with van der Waals surface area (Å²) in [5.41, 5.74) is 2.29. The molecule has 2 rings (SSSR count). The summed E-state index contributed by atoms with van der Waals surface area (Å²) in [6.45, 7) is 7.06. The summed E-state index contributed by atoms with van der Waals surface area (Å²) in [6.07, 6.45) is 1.06. The van der Waals surface area contributed by atoms with Crippen LogP contribution in [-0.2, 0) is 26.2 Å². The van der Waals surface area contributed by atoms with E-state index in [1.165, 1.54) is 4.90 Å². The summed E-state index contributed by atoms with van der Waals surface area (Å²) >= 11 is 3.34. The minimum absolute atomic E-state index is 0.0875. The van der Waals surface area contributed by atoms with E-state index in [4.69, 9.17) is 0 Å². The Morgan fingerprint density at radius 2 is 1.69 bits per heavy atom. The van der Waals surface area contributed by atoms with Gasteiger partial charge < -0.3 is 10.2 Å². The maximum Gasteiger partial charge on any atom is 0.244 e. The fourth-order valence-corrected chi connectivity index (χ4v) is 4.35. The smallest absolute Gasteiger partial charge is 0.244 e. The van der Waals surface area contributed by atoms with Crippen LogP contribution in [0.15, 0.2) is 53.0 Å². The van der Waals surface area contributed by atoms with Crippen molar-refractivity contribution in [3.05, 3.63) is 64.1 Å². The fourth-order valence-electron chi connectivity index (χ4n) is 3.12. The molecule has 0 fully saturated rings. The number of hydrogen-bond donors (Lipinski definition) is 1. The average molecular weight is 524 g/mol. The molecule has 0 saturated carbocycles. The second kappa shape index (κ2) is 11.0. The highest BCUT2D eigenvalue weighted by Crippen LogP contribution is 2.23. The molecule has 32 heavy (non-hydrogen) atoms. The van der Waals surface area contributed by atoms with Gasteiger partial charge in [0.1, 0.15) is 12.6 Å². The lowest BCUT2D eigenvalue weighted by molar-refractivity contribution is -0.139. The highest BCUT2D eigenvalue weighted by molar-refractivity contribution is 9.10. The average Bonchev–Trinajstić information content (AvgIpc) is 2.69. The molecule has 1 unspecified atom stereocenters. The van der Waals surface area contributed by atoms with E-state index >= 15 is 0 Å². The fraction of sp³-hybridized carbons (Fsp3) is 0.391. The first-order valence-electron chi connectivity index (χ1n) is 10.3. The standard InChI is InChI=1S/C23H30BrN3O4S/c1-16(2)25-23(29)18(4)26(14-19-11-9-17(3)10-12-19)22(28)15-27(32(5,30)31)21-8-6-7-20(24)13-21/h6-13,16,18H,14-15H2,1-5H3,(H,25,29). The van der Waals surface area contributed by atoms with Gasteiger partial charge in [0, 0.05) is 17.1 Å². The Morgan fingerprint density at radius 3 is 2.22 bits per heavy atom. The van der Waals surface area contributed by atoms with Crippen molar-refractivity contribution in [2.45, 2.75) is 46.3 Å². The van der Waals surface area contributed by atoms with Crippen LogP contribution < -0.4 is 9.62 Å². The van der Waals surface area contributed by atoms with Crippen LogP contribution in [0.5, 0.6) is 0 Å². The monoisotopic (exact) mass is 523 g/mol. The van der Waals surface area contributed by atoms with Crippen molar-refractivity contribution in [2.75, 3.05) is 17.1 Å². The van der Waals surface area contributed by atoms with Crippen LogP contribution in [0, 0.1) is 6.92 Å². The Hall–Kier alpha value is -2.39. The van der Waals surface area contributed by atoms with Crippen LogP contribution in [0.2, 0.25) is 0 Å². The normalized spacial score (nSPS) is 12.3. The lowest BCUT2D eigenvalue weighted by Gasteiger charge is -2.32. The molecule has 0 bridgehead atoms. The molecule has 0 saturated heterocycles. The lowest BCUT2D eigenvalue weighted by atomic mass is 10.1. The molecule has 0 heterocycles. The topological polar surface area (TPSA) is 86.8 Å². The summed E-state index contributed by atoms with van der Waals surface area (Å²) < 4.78 is 26.8. The third-order valence-corrected chi connectivity index (χ3v) is 6.48. The quantitative estimate of drug-likeness (QED) is 0.545. The minimum Gasteiger partial charge on any atom is -0.352 e. The second-order valence-corrected chi connectivity index (χ2v) is 10.9. The van der Waals surface area contributed by atoms with Crippen LogP contribution in [-0.4, -0.2) is 50.0 Å². The van der Waals surface area contributed by atoms with Crippen molar-refractivity contribution in [1.29, 1.82) is 0 Å². The van der Waals surface area contributed by atoms with Gasteiger partial charge in [-0.25, -0.2) is 8.42 Å². The third kappa shape index (κ3) is 7.34. The zero-order valence-corrected chi connectivity index (χ0v) is 21.4. The number of nitrogens with one attached hydrogen (secondary N) is 1. The number of rotatable bonds is 9. The predicted molar refractivity (Wildman–Crippen MR) is 131 cm³/mol. The first-order valence-corrected chi connectivity index (χ1v) is 12.9. The third-order valence-electron chi connectivity index (χ3n) is 4.85. The summed E-state index contributed by atoms with van der Waals surface area (Å²) in [6, 6.07) is 13.5. The molecule has 7 nitrogen and oxygen atoms in total. The first-order chi connectivity index (χ1) is 14.9. The summed E-state index contributed by atoms with van der Waals surface area (Å²) in [5.74, 6) is -0.767. The molecule has 9 heteroatoms. The molecule has 1 N–H and O–H groups in total. The van der Waals surface area contributed by atoms with Crippen molar-refractivity contribution in [2.24, 2.45) is 0 Å². The number of hydrogen-bond acceptors (Lipinski definition) is 4. The molecule has 1 atom stereocenters. The number of sulfonamides is 1. The number of anilines is 1. The van der Waals surface area contributed by atoms with E-state index < -0.39 is 28.5 Å². The van der Waals surface area contributed by atoms with Gasteiger partial charge >= 0.3 is 0 Å². The Labute approximate surface area is 199 Å². The van der Waals surface area contributed by atoms with Gasteiger partial charge in [0.05, 0.1) is 11.9 Å². The Bertz CT molecular complexity index is 1060. The van der Waals surface area contributed by atoms with E-state index in [-0.39, 0.29) is 18.5 Å². The molecule has 0 radical (unpaired) electrons. The van der Waals surface area contributed by atoms with E-state index in [1.54, 1.807) is 31.2 Å². The SMILES string of the molecule is Cc1ccc(CN(C(=O)CN(c2cccc(Br)c2)S(C)(=O)=O)C(C)C(=O)NC(C)C)cc1. The number of amides is 2. The highest BCUT2D eigenvalue weighted by Gasteiger charge is 2.30. The Balaban J connectivity index is 2.38. The van der Waals surface area contributed by atoms with E-state index in [2.05, 4.69) is 21.2 Å². The van der Waals surface area contributed by atoms with Crippen LogP contribution in [0.25, 0.3) is 0 Å². The van der Waals surface area contributed by atoms with Crippen LogP contribution in [0.1, 0.15) is 31.9 Å². The molecule has 174 valence electrons. The van der Waals surface area contributed by atoms with Crippen molar-refractivity contribution in [1.82, 2.24) is 10.2 Å². The minimum atomic E-state index is -3.74. The molecule has 2 aromatic rings. The van der Waals surface area contributed by atoms with Gasteiger partial charge in [-0.3, -0.25) is 13.9 Å². The summed E-state index contributed by atoms with van der Waals surface area (Å²) in [4.78, 5) is 27.5. The van der Waals surface area contributed by atoms with Gasteiger partial charge in [0.25, 0.3) is 0 Å². The van der Waals surface area contributed by atoms with E-state index in [0.717, 1.165) is 21.7 Å². The molecule has 0 spiro atoms. The van der Waals surface area contributed by atoms with Gasteiger partial charge in [-0.05, 0) is 51.5 Å². The van der Waals surface area contributed by atoms with E-state index in [1.807, 2.05) is 45.0 Å². The molecule has 2 aromatic carbocycles. The van der Waals surface area contributed by atoms with Crippen molar-refractivity contribution < 1.29 is 18.0 Å². The predicted octanol–water partition coefficient (Wildman–Crippen LogP) is 3.47. The summed E-state index contributed by atoms with van der Waals surface area (Å²) in [5, 5.41) is 2.82. The van der Waals surface area contributed by atoms with Gasteiger partial charge in [-0.2, -0.15) is 0 Å². The molecular weight excluding hydrogens is 494 g/mol. The van der Waals surface area contributed by atoms with Crippen molar-refractivity contribution in [3.8, 4) is 0 Å². The second-order valence-electron chi connectivity index (χ2n) is 8.10. The number of halogens is 1. The number of nitrogens with zero attached hydrogens (tertiary/aromatic N) is 2. The van der Waals surface area contributed by atoms with E-state index in [9.17, 15) is 18.0 Å². The molecule has 0 aliphatic heterocycles. The van der Waals surface area contributed by atoms with Crippen LogP contribution >= 0.6 is 15.9 Å². The van der Waals surface area contributed by atoms with Crippen molar-refractivity contribution >= 4 is 43.5 Å². The Kier molecular flexibility index (Phi) is 8.86. The molecule has 0 aromatic heterocycles.